The molecule has 0 aliphatic carbocycles. The van der Waals surface area contributed by atoms with E-state index in [2.05, 4.69) is 5.32 Å². The molecule has 0 fully saturated rings. The van der Waals surface area contributed by atoms with Crippen molar-refractivity contribution in [2.45, 2.75) is 32.1 Å². The highest BCUT2D eigenvalue weighted by atomic mass is 19.4. The molecule has 100 valence electrons. The highest BCUT2D eigenvalue weighted by molar-refractivity contribution is 5.51. The molecule has 4 nitrogen and oxygen atoms in total. The fraction of sp³-hybridized carbons (Fsp3) is 0.545. The highest BCUT2D eigenvalue weighted by Crippen LogP contribution is 2.34. The molecule has 2 heterocycles. The monoisotopic (exact) mass is 261 g/mol. The number of nitrogens with two attached hydrogens (primary N) is 1. The minimum absolute atomic E-state index is 0.0380. The maximum absolute atomic E-state index is 12.9. The quantitative estimate of drug-likeness (QED) is 0.806. The lowest BCUT2D eigenvalue weighted by Crippen LogP contribution is -2.27. The molecule has 7 heteroatoms. The number of rotatable bonds is 1. The molecule has 0 unspecified atom stereocenters. The number of alkyl halides is 3. The third-order valence-corrected chi connectivity index (χ3v) is 3.03. The Morgan fingerprint density at radius 3 is 2.72 bits per heavy atom. The predicted molar refractivity (Wildman–Crippen MR) is 61.3 cm³/mol. The van der Waals surface area contributed by atoms with Gasteiger partial charge in [0, 0.05) is 31.3 Å². The van der Waals surface area contributed by atoms with Gasteiger partial charge in [0.05, 0.1) is 5.56 Å². The Balaban J connectivity index is 2.69. The standard InChI is InChI=1S/C11H14F3N3O/c12-11(13,14)8-5-9(18)17-4-2-1-3-16-10(17)7(8)6-15/h5,16H,1-4,6,15H2. The van der Waals surface area contributed by atoms with Crippen LogP contribution in [0.4, 0.5) is 19.0 Å². The number of aromatic nitrogens is 1. The van der Waals surface area contributed by atoms with Crippen LogP contribution < -0.4 is 16.6 Å². The van der Waals surface area contributed by atoms with Crippen LogP contribution in [0.3, 0.4) is 0 Å². The van der Waals surface area contributed by atoms with E-state index in [1.54, 1.807) is 0 Å². The molecule has 0 aromatic carbocycles. The summed E-state index contributed by atoms with van der Waals surface area (Å²) in [5.41, 5.74) is 3.81. The first-order valence-electron chi connectivity index (χ1n) is 5.73. The minimum atomic E-state index is -4.56. The molecule has 0 radical (unpaired) electrons. The van der Waals surface area contributed by atoms with Gasteiger partial charge in [-0.3, -0.25) is 9.36 Å². The van der Waals surface area contributed by atoms with E-state index >= 15 is 0 Å². The van der Waals surface area contributed by atoms with Crippen LogP contribution in [-0.2, 0) is 19.3 Å². The van der Waals surface area contributed by atoms with Crippen molar-refractivity contribution >= 4 is 5.82 Å². The van der Waals surface area contributed by atoms with E-state index in [9.17, 15) is 18.0 Å². The summed E-state index contributed by atoms with van der Waals surface area (Å²) >= 11 is 0. The fourth-order valence-electron chi connectivity index (χ4n) is 2.17. The molecule has 1 aromatic rings. The Labute approximate surface area is 102 Å². The Kier molecular flexibility index (Phi) is 3.34. The van der Waals surface area contributed by atoms with E-state index in [-0.39, 0.29) is 17.9 Å². The molecule has 1 aliphatic heterocycles. The van der Waals surface area contributed by atoms with E-state index in [0.29, 0.717) is 19.2 Å². The molecule has 1 aliphatic rings. The number of anilines is 1. The fourth-order valence-corrected chi connectivity index (χ4v) is 2.17. The molecule has 0 spiro atoms. The number of hydrogen-bond donors (Lipinski definition) is 2. The molecule has 0 atom stereocenters. The second-order valence-corrected chi connectivity index (χ2v) is 4.21. The average molecular weight is 261 g/mol. The maximum Gasteiger partial charge on any atom is 0.417 e. The van der Waals surface area contributed by atoms with Crippen molar-refractivity contribution in [1.82, 2.24) is 4.57 Å². The zero-order valence-electron chi connectivity index (χ0n) is 9.68. The smallest absolute Gasteiger partial charge is 0.371 e. The molecular weight excluding hydrogens is 247 g/mol. The van der Waals surface area contributed by atoms with E-state index < -0.39 is 17.3 Å². The summed E-state index contributed by atoms with van der Waals surface area (Å²) in [5.74, 6) is 0.217. The third-order valence-electron chi connectivity index (χ3n) is 3.03. The van der Waals surface area contributed by atoms with Crippen LogP contribution in [0.5, 0.6) is 0 Å². The molecular formula is C11H14F3N3O. The Morgan fingerprint density at radius 2 is 2.11 bits per heavy atom. The molecule has 0 saturated carbocycles. The van der Waals surface area contributed by atoms with Crippen molar-refractivity contribution < 1.29 is 13.2 Å². The zero-order valence-corrected chi connectivity index (χ0v) is 9.68. The second-order valence-electron chi connectivity index (χ2n) is 4.21. The van der Waals surface area contributed by atoms with Gasteiger partial charge >= 0.3 is 6.18 Å². The van der Waals surface area contributed by atoms with Gasteiger partial charge in [0.15, 0.2) is 0 Å². The number of halogens is 3. The Bertz CT molecular complexity index is 507. The summed E-state index contributed by atoms with van der Waals surface area (Å²) in [5, 5.41) is 2.88. The van der Waals surface area contributed by atoms with Gasteiger partial charge in [-0.1, -0.05) is 0 Å². The first-order chi connectivity index (χ1) is 8.45. The minimum Gasteiger partial charge on any atom is -0.371 e. The summed E-state index contributed by atoms with van der Waals surface area (Å²) in [6.07, 6.45) is -2.99. The van der Waals surface area contributed by atoms with Crippen molar-refractivity contribution in [3.05, 3.63) is 27.5 Å². The van der Waals surface area contributed by atoms with Crippen LogP contribution in [0.25, 0.3) is 0 Å². The van der Waals surface area contributed by atoms with Crippen LogP contribution in [0.2, 0.25) is 0 Å². The van der Waals surface area contributed by atoms with E-state index in [0.717, 1.165) is 12.8 Å². The molecule has 0 bridgehead atoms. The van der Waals surface area contributed by atoms with Crippen molar-refractivity contribution in [2.75, 3.05) is 11.9 Å². The Hall–Kier alpha value is -1.50. The number of nitrogens with one attached hydrogen (secondary N) is 1. The summed E-state index contributed by atoms with van der Waals surface area (Å²) in [4.78, 5) is 11.7. The first kappa shape index (κ1) is 12.9. The van der Waals surface area contributed by atoms with Gasteiger partial charge in [0.25, 0.3) is 5.56 Å². The molecule has 18 heavy (non-hydrogen) atoms. The van der Waals surface area contributed by atoms with Gasteiger partial charge in [0.1, 0.15) is 5.82 Å². The molecule has 1 aromatic heterocycles. The number of nitrogens with zero attached hydrogens (tertiary/aromatic N) is 1. The molecule has 2 rings (SSSR count). The van der Waals surface area contributed by atoms with Crippen LogP contribution in [-0.4, -0.2) is 11.1 Å². The van der Waals surface area contributed by atoms with E-state index in [1.165, 1.54) is 4.57 Å². The summed E-state index contributed by atoms with van der Waals surface area (Å²) < 4.78 is 39.9. The number of pyridine rings is 1. The van der Waals surface area contributed by atoms with Gasteiger partial charge < -0.3 is 11.1 Å². The lowest BCUT2D eigenvalue weighted by molar-refractivity contribution is -0.138. The van der Waals surface area contributed by atoms with E-state index in [1.807, 2.05) is 0 Å². The largest absolute Gasteiger partial charge is 0.417 e. The van der Waals surface area contributed by atoms with E-state index in [4.69, 9.17) is 5.73 Å². The molecule has 3 N–H and O–H groups in total. The van der Waals surface area contributed by atoms with Gasteiger partial charge in [-0.05, 0) is 12.8 Å². The molecule has 0 saturated heterocycles. The highest BCUT2D eigenvalue weighted by Gasteiger charge is 2.35. The molecule has 0 amide bonds. The maximum atomic E-state index is 12.9. The Morgan fingerprint density at radius 1 is 1.39 bits per heavy atom. The summed E-state index contributed by atoms with van der Waals surface area (Å²) in [6, 6.07) is 0.638. The van der Waals surface area contributed by atoms with Gasteiger partial charge in [-0.15, -0.1) is 0 Å². The van der Waals surface area contributed by atoms with Crippen LogP contribution in [0.15, 0.2) is 10.9 Å². The van der Waals surface area contributed by atoms with Gasteiger partial charge in [-0.2, -0.15) is 13.2 Å². The first-order valence-corrected chi connectivity index (χ1v) is 5.73. The van der Waals surface area contributed by atoms with Crippen molar-refractivity contribution in [3.63, 3.8) is 0 Å². The lowest BCUT2D eigenvalue weighted by Gasteiger charge is -2.19. The van der Waals surface area contributed by atoms with Gasteiger partial charge in [-0.25, -0.2) is 0 Å². The third kappa shape index (κ3) is 2.22. The van der Waals surface area contributed by atoms with Crippen molar-refractivity contribution in [3.8, 4) is 0 Å². The van der Waals surface area contributed by atoms with Crippen LogP contribution in [0.1, 0.15) is 24.0 Å². The number of fused-ring (bicyclic) bond motifs is 1. The normalized spacial score (nSPS) is 15.8. The van der Waals surface area contributed by atoms with Crippen LogP contribution >= 0.6 is 0 Å². The SMILES string of the molecule is NCc1c(C(F)(F)F)cc(=O)n2c1NCCCC2. The second kappa shape index (κ2) is 4.64. The number of hydrogen-bond acceptors (Lipinski definition) is 3. The summed E-state index contributed by atoms with van der Waals surface area (Å²) in [6.45, 7) is 0.720. The van der Waals surface area contributed by atoms with Crippen LogP contribution in [0, 0.1) is 0 Å². The lowest BCUT2D eigenvalue weighted by atomic mass is 10.1. The summed E-state index contributed by atoms with van der Waals surface area (Å²) in [7, 11) is 0. The zero-order chi connectivity index (χ0) is 13.3. The van der Waals surface area contributed by atoms with Crippen molar-refractivity contribution in [2.24, 2.45) is 5.73 Å². The average Bonchev–Trinajstić information content (AvgIpc) is 2.53. The topological polar surface area (TPSA) is 60.1 Å². The van der Waals surface area contributed by atoms with Gasteiger partial charge in [0.2, 0.25) is 0 Å². The predicted octanol–water partition coefficient (Wildman–Crippen LogP) is 1.53. The van der Waals surface area contributed by atoms with Crippen molar-refractivity contribution in [1.29, 1.82) is 0 Å².